The van der Waals surface area contributed by atoms with Gasteiger partial charge < -0.3 is 9.84 Å². The number of thioether (sulfide) groups is 2. The lowest BCUT2D eigenvalue weighted by molar-refractivity contribution is -0.148. The lowest BCUT2D eigenvalue weighted by Gasteiger charge is -2.30. The largest absolute Gasteiger partial charge is 0.507 e. The molecule has 1 fully saturated rings. The molecule has 3 aliphatic rings. The van der Waals surface area contributed by atoms with Crippen molar-refractivity contribution in [1.82, 2.24) is 4.90 Å². The van der Waals surface area contributed by atoms with Crippen molar-refractivity contribution in [3.63, 3.8) is 0 Å². The van der Waals surface area contributed by atoms with Gasteiger partial charge in [-0.15, -0.1) is 35.9 Å². The second kappa shape index (κ2) is 9.63. The number of hydrogen-bond acceptors (Lipinski definition) is 9. The molecule has 1 N–H and O–H groups in total. The molecule has 0 radical (unpaired) electrons. The van der Waals surface area contributed by atoms with Crippen molar-refractivity contribution in [3.8, 4) is 18.1 Å². The number of hydrogen-bond donors (Lipinski definition) is 1. The maximum atomic E-state index is 12.7. The molecule has 0 saturated carbocycles. The minimum absolute atomic E-state index is 0.0692. The Kier molecular flexibility index (Phi) is 6.89. The molecule has 9 heteroatoms. The van der Waals surface area contributed by atoms with Crippen molar-refractivity contribution >= 4 is 34.5 Å². The summed E-state index contributed by atoms with van der Waals surface area (Å²) in [6, 6.07) is 7.07. The van der Waals surface area contributed by atoms with Crippen LogP contribution in [0.1, 0.15) is 31.2 Å². The summed E-state index contributed by atoms with van der Waals surface area (Å²) in [6.07, 6.45) is 8.16. The second-order valence-electron chi connectivity index (χ2n) is 7.87. The van der Waals surface area contributed by atoms with Crippen LogP contribution < -0.4 is 0 Å². The third-order valence-corrected chi connectivity index (χ3v) is 8.32. The van der Waals surface area contributed by atoms with Crippen LogP contribution in [0.5, 0.6) is 5.75 Å². The number of nitrogens with zero attached hydrogens (tertiary/aromatic N) is 4. The Morgan fingerprint density at radius 1 is 1.39 bits per heavy atom. The number of aliphatic imine (C=N–C) groups is 1. The molecule has 0 amide bonds. The van der Waals surface area contributed by atoms with E-state index in [2.05, 4.69) is 21.0 Å². The fourth-order valence-corrected chi connectivity index (χ4v) is 6.48. The first-order valence-corrected chi connectivity index (χ1v) is 12.4. The maximum Gasteiger partial charge on any atom is 0.324 e. The Balaban J connectivity index is 1.33. The van der Waals surface area contributed by atoms with Crippen molar-refractivity contribution in [3.05, 3.63) is 29.8 Å². The Morgan fingerprint density at radius 2 is 2.19 bits per heavy atom. The molecule has 0 aliphatic carbocycles. The molecule has 4 rings (SSSR count). The molecule has 0 bridgehead atoms. The average molecular weight is 459 g/mol. The van der Waals surface area contributed by atoms with Gasteiger partial charge in [-0.1, -0.05) is 12.1 Å². The van der Waals surface area contributed by atoms with E-state index < -0.39 is 5.66 Å². The van der Waals surface area contributed by atoms with Gasteiger partial charge >= 0.3 is 5.97 Å². The molecule has 3 aliphatic heterocycles. The van der Waals surface area contributed by atoms with Gasteiger partial charge in [0.25, 0.3) is 0 Å². The monoisotopic (exact) mass is 458 g/mol. The van der Waals surface area contributed by atoms with Crippen molar-refractivity contribution in [2.75, 3.05) is 25.2 Å². The zero-order valence-corrected chi connectivity index (χ0v) is 19.1. The zero-order chi connectivity index (χ0) is 21.8. The highest BCUT2D eigenvalue weighted by atomic mass is 32.2. The molecule has 0 aromatic heterocycles. The zero-order valence-electron chi connectivity index (χ0n) is 17.4. The Hall–Kier alpha value is -2.02. The molecule has 3 atom stereocenters. The number of phenolic OH excluding ortho intramolecular Hbond substituents is 1. The highest BCUT2D eigenvalue weighted by Crippen LogP contribution is 2.38. The average Bonchev–Trinajstić information content (AvgIpc) is 3.44. The number of rotatable bonds is 8. The summed E-state index contributed by atoms with van der Waals surface area (Å²) in [5.74, 6) is 4.26. The Labute approximate surface area is 191 Å². The minimum Gasteiger partial charge on any atom is -0.507 e. The molecule has 164 valence electrons. The number of aromatic hydroxyl groups is 1. The van der Waals surface area contributed by atoms with Crippen LogP contribution in [0.4, 0.5) is 0 Å². The summed E-state index contributed by atoms with van der Waals surface area (Å²) < 4.78 is 5.56. The number of esters is 1. The van der Waals surface area contributed by atoms with Gasteiger partial charge in [-0.3, -0.25) is 14.7 Å². The van der Waals surface area contributed by atoms with Gasteiger partial charge in [-0.2, -0.15) is 10.2 Å². The number of terminal acetylenes is 1. The molecule has 0 spiro atoms. The van der Waals surface area contributed by atoms with Crippen LogP contribution in [0.3, 0.4) is 0 Å². The predicted octanol–water partition coefficient (Wildman–Crippen LogP) is 3.53. The molecule has 1 aromatic carbocycles. The quantitative estimate of drug-likeness (QED) is 0.474. The number of phenols is 1. The third kappa shape index (κ3) is 5.08. The maximum absolute atomic E-state index is 12.7. The standard InChI is InChI=1S/C22H26N4O3S2/c1-3-4-10-22(24-25-22)11-12-29-21(28)17-14-31-20(26(17)2)16-9-13-30-19(23-16)15-7-5-6-8-18(15)27/h1,5-8,16-17,20,27H,4,9-14H2,2H3/t16?,17-,20-/m1/s1. The van der Waals surface area contributed by atoms with E-state index in [9.17, 15) is 9.90 Å². The summed E-state index contributed by atoms with van der Waals surface area (Å²) in [6.45, 7) is 0.297. The van der Waals surface area contributed by atoms with Crippen LogP contribution in [-0.2, 0) is 9.53 Å². The van der Waals surface area contributed by atoms with Gasteiger partial charge in [0.1, 0.15) is 16.8 Å². The lowest BCUT2D eigenvalue weighted by Crippen LogP contribution is -2.44. The van der Waals surface area contributed by atoms with Crippen molar-refractivity contribution < 1.29 is 14.6 Å². The summed E-state index contributed by atoms with van der Waals surface area (Å²) in [4.78, 5) is 19.7. The Morgan fingerprint density at radius 3 is 2.94 bits per heavy atom. The van der Waals surface area contributed by atoms with Gasteiger partial charge in [0.2, 0.25) is 0 Å². The van der Waals surface area contributed by atoms with E-state index >= 15 is 0 Å². The van der Waals surface area contributed by atoms with E-state index in [1.54, 1.807) is 29.6 Å². The van der Waals surface area contributed by atoms with E-state index in [0.29, 0.717) is 31.6 Å². The van der Waals surface area contributed by atoms with Crippen LogP contribution in [0.15, 0.2) is 39.5 Å². The molecule has 31 heavy (non-hydrogen) atoms. The summed E-state index contributed by atoms with van der Waals surface area (Å²) >= 11 is 3.41. The first-order chi connectivity index (χ1) is 15.0. The normalized spacial score (nSPS) is 26.8. The Bertz CT molecular complexity index is 924. The van der Waals surface area contributed by atoms with Gasteiger partial charge in [0, 0.05) is 36.3 Å². The summed E-state index contributed by atoms with van der Waals surface area (Å²) in [5.41, 5.74) is 0.341. The number of likely N-dealkylation sites (N-methyl/N-ethyl adjacent to an activating group) is 1. The molecule has 3 heterocycles. The van der Waals surface area contributed by atoms with Crippen LogP contribution in [0.2, 0.25) is 0 Å². The number of benzene rings is 1. The van der Waals surface area contributed by atoms with E-state index in [1.165, 1.54) is 0 Å². The number of carbonyl (C=O) groups is 1. The van der Waals surface area contributed by atoms with E-state index in [0.717, 1.165) is 22.8 Å². The van der Waals surface area contributed by atoms with Gasteiger partial charge in [0.15, 0.2) is 5.66 Å². The van der Waals surface area contributed by atoms with Crippen LogP contribution >= 0.6 is 23.5 Å². The fraction of sp³-hybridized carbons (Fsp3) is 0.545. The molecule has 1 saturated heterocycles. The van der Waals surface area contributed by atoms with Crippen LogP contribution in [0.25, 0.3) is 0 Å². The van der Waals surface area contributed by atoms with E-state index in [-0.39, 0.29) is 29.2 Å². The third-order valence-electron chi connectivity index (χ3n) is 5.79. The minimum atomic E-state index is -0.431. The number of carbonyl (C=O) groups excluding carboxylic acids is 1. The van der Waals surface area contributed by atoms with Crippen LogP contribution in [0, 0.1) is 12.3 Å². The number of para-hydroxylation sites is 1. The molecule has 1 aromatic rings. The van der Waals surface area contributed by atoms with Gasteiger partial charge in [-0.05, 0) is 25.6 Å². The highest BCUT2D eigenvalue weighted by molar-refractivity contribution is 8.14. The molecular formula is C22H26N4O3S2. The van der Waals surface area contributed by atoms with Gasteiger partial charge in [-0.25, -0.2) is 0 Å². The summed E-state index contributed by atoms with van der Waals surface area (Å²) in [5, 5.41) is 19.3. The fourth-order valence-electron chi connectivity index (χ4n) is 3.84. The van der Waals surface area contributed by atoms with E-state index in [1.807, 2.05) is 25.2 Å². The van der Waals surface area contributed by atoms with Crippen molar-refractivity contribution in [1.29, 1.82) is 0 Å². The van der Waals surface area contributed by atoms with E-state index in [4.69, 9.17) is 16.2 Å². The molecule has 7 nitrogen and oxygen atoms in total. The van der Waals surface area contributed by atoms with Crippen molar-refractivity contribution in [2.45, 2.75) is 48.8 Å². The van der Waals surface area contributed by atoms with Crippen molar-refractivity contribution in [2.24, 2.45) is 15.2 Å². The lowest BCUT2D eigenvalue weighted by atomic mass is 10.1. The molecular weight excluding hydrogens is 432 g/mol. The van der Waals surface area contributed by atoms with Gasteiger partial charge in [0.05, 0.1) is 18.0 Å². The molecule has 1 unspecified atom stereocenters. The first-order valence-electron chi connectivity index (χ1n) is 10.4. The summed E-state index contributed by atoms with van der Waals surface area (Å²) in [7, 11) is 1.97. The second-order valence-corrected chi connectivity index (χ2v) is 10.1. The SMILES string of the molecule is C#CCCC1(CCOC(=O)[C@H]2CS[C@H](C3CCSC(c4ccccc4O)=N3)N2C)N=N1. The van der Waals surface area contributed by atoms with Crippen LogP contribution in [-0.4, -0.2) is 69.3 Å². The predicted molar refractivity (Wildman–Crippen MR) is 125 cm³/mol. The smallest absolute Gasteiger partial charge is 0.324 e. The topological polar surface area (TPSA) is 86.9 Å². The highest BCUT2D eigenvalue weighted by Gasteiger charge is 2.43. The first kappa shape index (κ1) is 22.2. The number of ether oxygens (including phenoxy) is 1.